The molecule has 0 aromatic heterocycles. The smallest absolute Gasteiger partial charge is 0.389 e. The van der Waals surface area contributed by atoms with Crippen LogP contribution in [0.3, 0.4) is 0 Å². The van der Waals surface area contributed by atoms with Gasteiger partial charge in [0, 0.05) is 18.5 Å². The number of sulfonamides is 1. The van der Waals surface area contributed by atoms with Crippen molar-refractivity contribution in [2.45, 2.75) is 23.9 Å². The lowest BCUT2D eigenvalue weighted by Gasteiger charge is -2.08. The van der Waals surface area contributed by atoms with Gasteiger partial charge in [0.2, 0.25) is 10.0 Å². The van der Waals surface area contributed by atoms with Crippen molar-refractivity contribution in [3.63, 3.8) is 0 Å². The molecule has 4 nitrogen and oxygen atoms in total. The lowest BCUT2D eigenvalue weighted by molar-refractivity contribution is -0.135. The Morgan fingerprint density at radius 2 is 1.80 bits per heavy atom. The summed E-state index contributed by atoms with van der Waals surface area (Å²) in [4.78, 5) is 0.0802. The average molecular weight is 326 g/mol. The van der Waals surface area contributed by atoms with Crippen LogP contribution >= 0.6 is 12.2 Å². The van der Waals surface area contributed by atoms with E-state index >= 15 is 0 Å². The second-order valence-electron chi connectivity index (χ2n) is 4.01. The van der Waals surface area contributed by atoms with Crippen LogP contribution in [-0.2, 0) is 10.0 Å². The van der Waals surface area contributed by atoms with E-state index in [9.17, 15) is 21.6 Å². The van der Waals surface area contributed by atoms with Gasteiger partial charge in [-0.25, -0.2) is 13.1 Å². The van der Waals surface area contributed by atoms with Crippen molar-refractivity contribution in [1.82, 2.24) is 4.72 Å². The van der Waals surface area contributed by atoms with E-state index in [0.29, 0.717) is 5.56 Å². The zero-order valence-electron chi connectivity index (χ0n) is 10.3. The first-order valence-electron chi connectivity index (χ1n) is 5.58. The monoisotopic (exact) mass is 326 g/mol. The first kappa shape index (κ1) is 16.9. The van der Waals surface area contributed by atoms with Crippen molar-refractivity contribution < 1.29 is 21.6 Å². The van der Waals surface area contributed by atoms with Gasteiger partial charge in [-0.2, -0.15) is 13.2 Å². The van der Waals surface area contributed by atoms with Crippen molar-refractivity contribution >= 4 is 27.2 Å². The third-order valence-corrected chi connectivity index (χ3v) is 4.09. The Labute approximate surface area is 120 Å². The molecule has 0 bridgehead atoms. The molecule has 0 amide bonds. The van der Waals surface area contributed by atoms with Crippen LogP contribution in [0.4, 0.5) is 13.2 Å². The number of thiocarbonyl (C=S) groups is 1. The Kier molecular flexibility index (Phi) is 5.49. The lowest BCUT2D eigenvalue weighted by atomic mass is 10.2. The van der Waals surface area contributed by atoms with Crippen LogP contribution in [0.2, 0.25) is 0 Å². The van der Waals surface area contributed by atoms with E-state index in [-0.39, 0.29) is 22.8 Å². The van der Waals surface area contributed by atoms with E-state index in [1.54, 1.807) is 0 Å². The maximum absolute atomic E-state index is 11.9. The largest absolute Gasteiger partial charge is 0.389 e. The maximum atomic E-state index is 11.9. The number of nitrogens with one attached hydrogen (secondary N) is 1. The number of benzene rings is 1. The Morgan fingerprint density at radius 3 is 2.25 bits per heavy atom. The van der Waals surface area contributed by atoms with E-state index in [2.05, 4.69) is 4.72 Å². The molecule has 0 radical (unpaired) electrons. The molecular formula is C11H13F3N2O2S2. The molecule has 0 fully saturated rings. The highest BCUT2D eigenvalue weighted by molar-refractivity contribution is 7.89. The number of hydrogen-bond donors (Lipinski definition) is 2. The van der Waals surface area contributed by atoms with Crippen LogP contribution in [-0.4, -0.2) is 26.1 Å². The van der Waals surface area contributed by atoms with Crippen LogP contribution in [0.15, 0.2) is 29.2 Å². The number of rotatable bonds is 6. The minimum atomic E-state index is -4.29. The Morgan fingerprint density at radius 1 is 1.25 bits per heavy atom. The van der Waals surface area contributed by atoms with Crippen molar-refractivity contribution in [1.29, 1.82) is 0 Å². The van der Waals surface area contributed by atoms with Crippen molar-refractivity contribution in [3.8, 4) is 0 Å². The summed E-state index contributed by atoms with van der Waals surface area (Å²) in [6, 6.07) is 5.46. The highest BCUT2D eigenvalue weighted by Gasteiger charge is 2.26. The Bertz CT molecular complexity index is 568. The summed E-state index contributed by atoms with van der Waals surface area (Å²) < 4.78 is 61.4. The predicted octanol–water partition coefficient (Wildman–Crippen LogP) is 1.94. The fourth-order valence-corrected chi connectivity index (χ4v) is 2.59. The van der Waals surface area contributed by atoms with Gasteiger partial charge in [-0.1, -0.05) is 24.4 Å². The molecule has 3 N–H and O–H groups in total. The van der Waals surface area contributed by atoms with Gasteiger partial charge in [0.1, 0.15) is 4.99 Å². The zero-order chi connectivity index (χ0) is 15.4. The number of nitrogens with two attached hydrogens (primary N) is 1. The van der Waals surface area contributed by atoms with Gasteiger partial charge in [0.25, 0.3) is 0 Å². The SMILES string of the molecule is NC(=S)c1ccc(S(=O)(=O)NCCCC(F)(F)F)cc1. The van der Waals surface area contributed by atoms with Crippen LogP contribution < -0.4 is 10.5 Å². The first-order valence-corrected chi connectivity index (χ1v) is 7.47. The average Bonchev–Trinajstić information content (AvgIpc) is 2.34. The van der Waals surface area contributed by atoms with Crippen LogP contribution in [0, 0.1) is 0 Å². The third-order valence-electron chi connectivity index (χ3n) is 2.38. The van der Waals surface area contributed by atoms with Crippen molar-refractivity contribution in [3.05, 3.63) is 29.8 Å². The summed E-state index contributed by atoms with van der Waals surface area (Å²) >= 11 is 4.73. The van der Waals surface area contributed by atoms with Gasteiger partial charge in [0.15, 0.2) is 0 Å². The van der Waals surface area contributed by atoms with Crippen molar-refractivity contribution in [2.24, 2.45) is 5.73 Å². The van der Waals surface area contributed by atoms with Gasteiger partial charge in [-0.3, -0.25) is 0 Å². The first-order chi connectivity index (χ1) is 9.12. The van der Waals surface area contributed by atoms with Crippen LogP contribution in [0.25, 0.3) is 0 Å². The molecule has 9 heteroatoms. The summed E-state index contributed by atoms with van der Waals surface area (Å²) in [6.45, 7) is -0.279. The minimum Gasteiger partial charge on any atom is -0.389 e. The topological polar surface area (TPSA) is 72.2 Å². The second-order valence-corrected chi connectivity index (χ2v) is 6.21. The summed E-state index contributed by atoms with van der Waals surface area (Å²) in [6.07, 6.45) is -5.63. The van der Waals surface area contributed by atoms with Crippen LogP contribution in [0.1, 0.15) is 18.4 Å². The number of hydrogen-bond acceptors (Lipinski definition) is 3. The molecule has 1 aromatic rings. The predicted molar refractivity (Wildman–Crippen MR) is 72.8 cm³/mol. The lowest BCUT2D eigenvalue weighted by Crippen LogP contribution is -2.26. The highest BCUT2D eigenvalue weighted by atomic mass is 32.2. The molecule has 1 aromatic carbocycles. The van der Waals surface area contributed by atoms with Crippen molar-refractivity contribution in [2.75, 3.05) is 6.54 Å². The van der Waals surface area contributed by atoms with Gasteiger partial charge >= 0.3 is 6.18 Å². The van der Waals surface area contributed by atoms with Crippen LogP contribution in [0.5, 0.6) is 0 Å². The van der Waals surface area contributed by atoms with E-state index < -0.39 is 22.6 Å². The molecule has 0 unspecified atom stereocenters. The van der Waals surface area contributed by atoms with Gasteiger partial charge < -0.3 is 5.73 Å². The van der Waals surface area contributed by atoms with Gasteiger partial charge in [0.05, 0.1) is 4.90 Å². The molecule has 0 spiro atoms. The maximum Gasteiger partial charge on any atom is 0.389 e. The third kappa shape index (κ3) is 5.43. The fraction of sp³-hybridized carbons (Fsp3) is 0.364. The highest BCUT2D eigenvalue weighted by Crippen LogP contribution is 2.21. The van der Waals surface area contributed by atoms with E-state index in [1.165, 1.54) is 24.3 Å². The molecule has 0 heterocycles. The second kappa shape index (κ2) is 6.51. The van der Waals surface area contributed by atoms with E-state index in [4.69, 9.17) is 18.0 Å². The van der Waals surface area contributed by atoms with Gasteiger partial charge in [-0.05, 0) is 18.6 Å². The molecule has 0 saturated carbocycles. The standard InChI is InChI=1S/C11H13F3N2O2S2/c12-11(13,14)6-1-7-16-20(17,18)9-4-2-8(3-5-9)10(15)19/h2-5,16H,1,6-7H2,(H2,15,19). The van der Waals surface area contributed by atoms with Gasteiger partial charge in [-0.15, -0.1) is 0 Å². The summed E-state index contributed by atoms with van der Waals surface area (Å²) in [5.74, 6) is 0. The van der Waals surface area contributed by atoms with E-state index in [0.717, 1.165) is 0 Å². The Balaban J connectivity index is 2.62. The zero-order valence-corrected chi connectivity index (χ0v) is 11.9. The molecule has 0 atom stereocenters. The molecule has 112 valence electrons. The summed E-state index contributed by atoms with van der Waals surface area (Å²) in [5, 5.41) is 0. The summed E-state index contributed by atoms with van der Waals surface area (Å²) in [7, 11) is -3.82. The quantitative estimate of drug-likeness (QED) is 0.619. The molecule has 0 saturated heterocycles. The molecule has 1 rings (SSSR count). The minimum absolute atomic E-state index is 0.0514. The number of alkyl halides is 3. The molecular weight excluding hydrogens is 313 g/mol. The number of halogens is 3. The Hall–Kier alpha value is -1.19. The fourth-order valence-electron chi connectivity index (χ4n) is 1.38. The normalized spacial score (nSPS) is 12.3. The molecule has 0 aliphatic heterocycles. The molecule has 0 aliphatic carbocycles. The molecule has 20 heavy (non-hydrogen) atoms. The molecule has 0 aliphatic rings. The summed E-state index contributed by atoms with van der Waals surface area (Å²) in [5.41, 5.74) is 5.88. The van der Waals surface area contributed by atoms with E-state index in [1.807, 2.05) is 0 Å².